The lowest BCUT2D eigenvalue weighted by atomic mass is 10.2. The largest absolute Gasteiger partial charge is 0.465 e. The van der Waals surface area contributed by atoms with Gasteiger partial charge in [-0.25, -0.2) is 9.18 Å². The van der Waals surface area contributed by atoms with Crippen molar-refractivity contribution in [2.75, 3.05) is 7.11 Å². The van der Waals surface area contributed by atoms with Gasteiger partial charge in [-0.1, -0.05) is 12.1 Å². The van der Waals surface area contributed by atoms with Crippen LogP contribution < -0.4 is 4.74 Å². The number of carbonyl (C=O) groups is 1. The van der Waals surface area contributed by atoms with Gasteiger partial charge in [-0.3, -0.25) is 0 Å². The second-order valence-electron chi connectivity index (χ2n) is 3.67. The second-order valence-corrected chi connectivity index (χ2v) is 4.52. The van der Waals surface area contributed by atoms with E-state index < -0.39 is 5.97 Å². The van der Waals surface area contributed by atoms with Crippen molar-refractivity contribution >= 4 is 21.9 Å². The number of hydrogen-bond acceptors (Lipinski definition) is 3. The second kappa shape index (κ2) is 5.84. The van der Waals surface area contributed by atoms with E-state index in [0.29, 0.717) is 21.5 Å². The predicted molar refractivity (Wildman–Crippen MR) is 72.0 cm³/mol. The minimum atomic E-state index is -0.489. The molecule has 0 saturated carbocycles. The highest BCUT2D eigenvalue weighted by Gasteiger charge is 2.13. The van der Waals surface area contributed by atoms with Crippen LogP contribution in [-0.2, 0) is 4.74 Å². The van der Waals surface area contributed by atoms with Crippen molar-refractivity contribution in [2.24, 2.45) is 0 Å². The predicted octanol–water partition coefficient (Wildman–Crippen LogP) is 4.17. The summed E-state index contributed by atoms with van der Waals surface area (Å²) in [6.45, 7) is 0. The Morgan fingerprint density at radius 2 is 1.95 bits per heavy atom. The molecule has 0 saturated heterocycles. The summed E-state index contributed by atoms with van der Waals surface area (Å²) in [5, 5.41) is 0. The first-order valence-electron chi connectivity index (χ1n) is 5.42. The van der Waals surface area contributed by atoms with Gasteiger partial charge in [0, 0.05) is 0 Å². The first-order valence-corrected chi connectivity index (χ1v) is 6.21. The molecule has 3 nitrogen and oxygen atoms in total. The standard InChI is InChI=1S/C14H10BrFO3/c1-18-14(17)10-4-2-3-5-13(10)19-9-6-7-12(16)11(15)8-9/h2-8H,1H3. The van der Waals surface area contributed by atoms with E-state index in [1.807, 2.05) is 0 Å². The summed E-state index contributed by atoms with van der Waals surface area (Å²) >= 11 is 3.07. The number of carbonyl (C=O) groups excluding carboxylic acids is 1. The molecule has 0 aliphatic carbocycles. The number of halogens is 2. The average Bonchev–Trinajstić information content (AvgIpc) is 2.43. The number of esters is 1. The zero-order valence-electron chi connectivity index (χ0n) is 10.0. The van der Waals surface area contributed by atoms with Crippen LogP contribution in [0.4, 0.5) is 4.39 Å². The van der Waals surface area contributed by atoms with E-state index in [1.165, 1.54) is 25.3 Å². The average molecular weight is 325 g/mol. The molecule has 0 heterocycles. The number of para-hydroxylation sites is 1. The highest BCUT2D eigenvalue weighted by molar-refractivity contribution is 9.10. The fourth-order valence-corrected chi connectivity index (χ4v) is 1.86. The van der Waals surface area contributed by atoms with Crippen molar-refractivity contribution in [2.45, 2.75) is 0 Å². The number of hydrogen-bond donors (Lipinski definition) is 0. The zero-order chi connectivity index (χ0) is 13.8. The molecule has 19 heavy (non-hydrogen) atoms. The number of methoxy groups -OCH3 is 1. The van der Waals surface area contributed by atoms with Crippen LogP contribution in [0.25, 0.3) is 0 Å². The molecule has 2 aromatic rings. The Balaban J connectivity index is 2.32. The number of benzene rings is 2. The SMILES string of the molecule is COC(=O)c1ccccc1Oc1ccc(F)c(Br)c1. The van der Waals surface area contributed by atoms with Crippen LogP contribution in [0.3, 0.4) is 0 Å². The van der Waals surface area contributed by atoms with Crippen LogP contribution >= 0.6 is 15.9 Å². The maximum Gasteiger partial charge on any atom is 0.341 e. The Morgan fingerprint density at radius 1 is 1.21 bits per heavy atom. The van der Waals surface area contributed by atoms with Crippen LogP contribution in [0.1, 0.15) is 10.4 Å². The molecule has 0 aliphatic rings. The van der Waals surface area contributed by atoms with Crippen LogP contribution in [-0.4, -0.2) is 13.1 Å². The van der Waals surface area contributed by atoms with Crippen LogP contribution in [0.2, 0.25) is 0 Å². The number of rotatable bonds is 3. The minimum Gasteiger partial charge on any atom is -0.465 e. The fourth-order valence-electron chi connectivity index (χ4n) is 1.50. The summed E-state index contributed by atoms with van der Waals surface area (Å²) in [5.41, 5.74) is 0.311. The summed E-state index contributed by atoms with van der Waals surface area (Å²) in [5.74, 6) is -0.0946. The van der Waals surface area contributed by atoms with Gasteiger partial charge in [-0.2, -0.15) is 0 Å². The summed E-state index contributed by atoms with van der Waals surface area (Å²) < 4.78 is 23.7. The highest BCUT2D eigenvalue weighted by atomic mass is 79.9. The fraction of sp³-hybridized carbons (Fsp3) is 0.0714. The first-order chi connectivity index (χ1) is 9.11. The van der Waals surface area contributed by atoms with E-state index >= 15 is 0 Å². The van der Waals surface area contributed by atoms with Crippen molar-refractivity contribution in [1.29, 1.82) is 0 Å². The van der Waals surface area contributed by atoms with E-state index in [9.17, 15) is 9.18 Å². The molecule has 98 valence electrons. The van der Waals surface area contributed by atoms with Crippen LogP contribution in [0.15, 0.2) is 46.9 Å². The molecule has 0 aromatic heterocycles. The van der Waals surface area contributed by atoms with E-state index in [4.69, 9.17) is 4.74 Å². The Bertz CT molecular complexity index is 613. The van der Waals surface area contributed by atoms with Gasteiger partial charge in [0.1, 0.15) is 22.9 Å². The molecular weight excluding hydrogens is 315 g/mol. The smallest absolute Gasteiger partial charge is 0.341 e. The van der Waals surface area contributed by atoms with E-state index in [1.54, 1.807) is 24.3 Å². The maximum absolute atomic E-state index is 13.1. The lowest BCUT2D eigenvalue weighted by molar-refractivity contribution is 0.0598. The molecule has 2 rings (SSSR count). The highest BCUT2D eigenvalue weighted by Crippen LogP contribution is 2.28. The molecule has 0 unspecified atom stereocenters. The van der Waals surface area contributed by atoms with Gasteiger partial charge in [-0.15, -0.1) is 0 Å². The van der Waals surface area contributed by atoms with Crippen molar-refractivity contribution < 1.29 is 18.7 Å². The van der Waals surface area contributed by atoms with Gasteiger partial charge >= 0.3 is 5.97 Å². The first kappa shape index (κ1) is 13.5. The molecule has 0 spiro atoms. The van der Waals surface area contributed by atoms with Gasteiger partial charge in [0.25, 0.3) is 0 Å². The van der Waals surface area contributed by atoms with Gasteiger partial charge in [0.2, 0.25) is 0 Å². The minimum absolute atomic E-state index is 0.292. The van der Waals surface area contributed by atoms with E-state index in [2.05, 4.69) is 20.7 Å². The Kier molecular flexibility index (Phi) is 4.16. The molecule has 0 N–H and O–H groups in total. The topological polar surface area (TPSA) is 35.5 Å². The van der Waals surface area contributed by atoms with E-state index in [0.717, 1.165) is 0 Å². The van der Waals surface area contributed by atoms with E-state index in [-0.39, 0.29) is 5.82 Å². The third-order valence-electron chi connectivity index (χ3n) is 2.41. The Labute approximate surface area is 118 Å². The molecule has 0 aliphatic heterocycles. The quantitative estimate of drug-likeness (QED) is 0.795. The van der Waals surface area contributed by atoms with Crippen LogP contribution in [0.5, 0.6) is 11.5 Å². The molecule has 0 amide bonds. The van der Waals surface area contributed by atoms with Crippen LogP contribution in [0, 0.1) is 5.82 Å². The van der Waals surface area contributed by atoms with Crippen molar-refractivity contribution in [3.8, 4) is 11.5 Å². The molecule has 0 atom stereocenters. The molecule has 0 radical (unpaired) electrons. The molecule has 0 fully saturated rings. The van der Waals surface area contributed by atoms with Crippen molar-refractivity contribution in [3.63, 3.8) is 0 Å². The van der Waals surface area contributed by atoms with Gasteiger partial charge in [0.15, 0.2) is 0 Å². The Morgan fingerprint density at radius 3 is 2.63 bits per heavy atom. The summed E-state index contributed by atoms with van der Waals surface area (Å²) in [7, 11) is 1.30. The molecule has 5 heteroatoms. The van der Waals surface area contributed by atoms with Crippen molar-refractivity contribution in [1.82, 2.24) is 0 Å². The van der Waals surface area contributed by atoms with Gasteiger partial charge in [-0.05, 0) is 46.3 Å². The molecule has 0 bridgehead atoms. The summed E-state index contributed by atoms with van der Waals surface area (Å²) in [4.78, 5) is 11.6. The summed E-state index contributed by atoms with van der Waals surface area (Å²) in [6, 6.07) is 10.9. The molecule has 2 aromatic carbocycles. The normalized spacial score (nSPS) is 10.1. The molecular formula is C14H10BrFO3. The summed E-state index contributed by atoms with van der Waals surface area (Å²) in [6.07, 6.45) is 0. The maximum atomic E-state index is 13.1. The van der Waals surface area contributed by atoms with Gasteiger partial charge < -0.3 is 9.47 Å². The lowest BCUT2D eigenvalue weighted by Crippen LogP contribution is -2.03. The van der Waals surface area contributed by atoms with Gasteiger partial charge in [0.05, 0.1) is 11.6 Å². The lowest BCUT2D eigenvalue weighted by Gasteiger charge is -2.10. The zero-order valence-corrected chi connectivity index (χ0v) is 11.6. The third-order valence-corrected chi connectivity index (χ3v) is 3.02. The monoisotopic (exact) mass is 324 g/mol. The van der Waals surface area contributed by atoms with Crippen molar-refractivity contribution in [3.05, 3.63) is 58.3 Å². The third kappa shape index (κ3) is 3.12. The number of ether oxygens (including phenoxy) is 2. The Hall–Kier alpha value is -1.88.